The minimum absolute atomic E-state index is 0.0607. The summed E-state index contributed by atoms with van der Waals surface area (Å²) in [6.07, 6.45) is 21.0. The molecule has 0 aliphatic rings. The molecule has 0 fully saturated rings. The third-order valence-corrected chi connectivity index (χ3v) is 6.63. The molecule has 0 atom stereocenters. The average molecular weight is 572 g/mol. The summed E-state index contributed by atoms with van der Waals surface area (Å²) in [4.78, 5) is 44.7. The lowest BCUT2D eigenvalue weighted by molar-refractivity contribution is -0.137. The van der Waals surface area contributed by atoms with Crippen LogP contribution in [-0.4, -0.2) is 68.3 Å². The fourth-order valence-electron chi connectivity index (χ4n) is 4.35. The second-order valence-electron chi connectivity index (χ2n) is 10.5. The highest BCUT2D eigenvalue weighted by Gasteiger charge is 2.04. The van der Waals surface area contributed by atoms with Crippen molar-refractivity contribution in [2.45, 2.75) is 128 Å². The van der Waals surface area contributed by atoms with E-state index in [1.165, 1.54) is 70.6 Å². The fraction of sp³-hybridized carbons (Fsp3) is 0.867. The summed E-state index contributed by atoms with van der Waals surface area (Å²) < 4.78 is 10.2. The Morgan fingerprint density at radius 1 is 0.500 bits per heavy atom. The van der Waals surface area contributed by atoms with E-state index < -0.39 is 11.9 Å². The largest absolute Gasteiger partial charge is 0.481 e. The standard InChI is InChI=1S/C30H57N3O7/c31-27(34)26-40-25-24-39-23-22-33-29(36)19-17-21-32-28(35)18-15-13-11-9-7-5-3-1-2-4-6-8-10-12-14-16-20-30(37)38/h1-26H2,(H2,31,34)(H,32,35)(H,33,36)(H,37,38). The molecule has 0 spiro atoms. The Bertz CT molecular complexity index is 647. The Balaban J connectivity index is 3.27. The van der Waals surface area contributed by atoms with Crippen LogP contribution in [0.2, 0.25) is 0 Å². The first-order chi connectivity index (χ1) is 19.4. The number of hydrogen-bond donors (Lipinski definition) is 4. The second-order valence-corrected chi connectivity index (χ2v) is 10.5. The molecule has 0 bridgehead atoms. The van der Waals surface area contributed by atoms with Crippen LogP contribution < -0.4 is 16.4 Å². The maximum absolute atomic E-state index is 11.9. The first-order valence-corrected chi connectivity index (χ1v) is 15.6. The van der Waals surface area contributed by atoms with E-state index in [4.69, 9.17) is 20.3 Å². The second kappa shape index (κ2) is 29.8. The predicted molar refractivity (Wildman–Crippen MR) is 157 cm³/mol. The normalized spacial score (nSPS) is 10.9. The van der Waals surface area contributed by atoms with Crippen LogP contribution >= 0.6 is 0 Å². The number of carboxylic acid groups (broad SMARTS) is 1. The van der Waals surface area contributed by atoms with E-state index in [9.17, 15) is 19.2 Å². The smallest absolute Gasteiger partial charge is 0.303 e. The van der Waals surface area contributed by atoms with Crippen molar-refractivity contribution in [1.29, 1.82) is 0 Å². The van der Waals surface area contributed by atoms with E-state index in [0.29, 0.717) is 52.0 Å². The van der Waals surface area contributed by atoms with Crippen molar-refractivity contribution in [2.24, 2.45) is 5.73 Å². The quantitative estimate of drug-likeness (QED) is 0.0884. The molecule has 0 aliphatic heterocycles. The summed E-state index contributed by atoms with van der Waals surface area (Å²) in [6.45, 7) is 1.77. The van der Waals surface area contributed by atoms with E-state index in [-0.39, 0.29) is 25.0 Å². The number of aliphatic carboxylic acids is 1. The van der Waals surface area contributed by atoms with Gasteiger partial charge >= 0.3 is 5.97 Å². The first-order valence-electron chi connectivity index (χ1n) is 15.6. The van der Waals surface area contributed by atoms with Crippen molar-refractivity contribution in [3.63, 3.8) is 0 Å². The highest BCUT2D eigenvalue weighted by Crippen LogP contribution is 2.14. The van der Waals surface area contributed by atoms with Gasteiger partial charge in [-0.3, -0.25) is 19.2 Å². The van der Waals surface area contributed by atoms with E-state index in [2.05, 4.69) is 10.6 Å². The molecule has 0 aliphatic carbocycles. The number of carbonyl (C=O) groups is 4. The molecular weight excluding hydrogens is 514 g/mol. The highest BCUT2D eigenvalue weighted by molar-refractivity contribution is 5.77. The van der Waals surface area contributed by atoms with Crippen LogP contribution in [0.3, 0.4) is 0 Å². The average Bonchev–Trinajstić information content (AvgIpc) is 2.91. The molecule has 0 unspecified atom stereocenters. The Hall–Kier alpha value is -2.20. The Morgan fingerprint density at radius 3 is 1.38 bits per heavy atom. The number of unbranched alkanes of at least 4 members (excludes halogenated alkanes) is 15. The molecule has 0 aromatic heterocycles. The number of hydrogen-bond acceptors (Lipinski definition) is 6. The van der Waals surface area contributed by atoms with Crippen molar-refractivity contribution in [1.82, 2.24) is 10.6 Å². The van der Waals surface area contributed by atoms with Crippen molar-refractivity contribution in [3.05, 3.63) is 0 Å². The lowest BCUT2D eigenvalue weighted by Gasteiger charge is -2.08. The molecule has 0 saturated carbocycles. The van der Waals surface area contributed by atoms with E-state index in [1.54, 1.807) is 0 Å². The molecule has 3 amide bonds. The van der Waals surface area contributed by atoms with Gasteiger partial charge in [0.25, 0.3) is 0 Å². The molecule has 0 radical (unpaired) electrons. The van der Waals surface area contributed by atoms with Gasteiger partial charge in [-0.25, -0.2) is 0 Å². The zero-order valence-electron chi connectivity index (χ0n) is 24.9. The number of carbonyl (C=O) groups excluding carboxylic acids is 3. The van der Waals surface area contributed by atoms with Gasteiger partial charge in [0.05, 0.1) is 19.8 Å². The number of amides is 3. The topological polar surface area (TPSA) is 157 Å². The van der Waals surface area contributed by atoms with E-state index >= 15 is 0 Å². The Kier molecular flexibility index (Phi) is 28.1. The molecule has 10 nitrogen and oxygen atoms in total. The SMILES string of the molecule is NC(=O)COCCOCCNC(=O)CCCNC(=O)CCCCCCCCCCCCCCCCCCC(=O)O. The summed E-state index contributed by atoms with van der Waals surface area (Å²) in [5.41, 5.74) is 4.95. The third kappa shape index (κ3) is 32.0. The minimum atomic E-state index is -0.682. The molecule has 0 rings (SSSR count). The summed E-state index contributed by atoms with van der Waals surface area (Å²) >= 11 is 0. The zero-order valence-corrected chi connectivity index (χ0v) is 24.9. The van der Waals surface area contributed by atoms with Crippen LogP contribution in [0.5, 0.6) is 0 Å². The van der Waals surface area contributed by atoms with Gasteiger partial charge < -0.3 is 30.9 Å². The summed E-state index contributed by atoms with van der Waals surface area (Å²) in [5, 5.41) is 14.3. The van der Waals surface area contributed by atoms with Gasteiger partial charge in [-0.05, 0) is 19.3 Å². The number of ether oxygens (including phenoxy) is 2. The molecular formula is C30H57N3O7. The summed E-state index contributed by atoms with van der Waals surface area (Å²) in [5.74, 6) is -1.21. The van der Waals surface area contributed by atoms with Crippen LogP contribution in [0, 0.1) is 0 Å². The van der Waals surface area contributed by atoms with Gasteiger partial charge in [0.1, 0.15) is 6.61 Å². The van der Waals surface area contributed by atoms with E-state index in [0.717, 1.165) is 32.1 Å². The molecule has 40 heavy (non-hydrogen) atoms. The number of primary amides is 1. The van der Waals surface area contributed by atoms with Gasteiger partial charge in [0.2, 0.25) is 17.7 Å². The van der Waals surface area contributed by atoms with Gasteiger partial charge in [-0.15, -0.1) is 0 Å². The Labute approximate surface area is 241 Å². The number of rotatable bonds is 31. The van der Waals surface area contributed by atoms with Crippen LogP contribution in [-0.2, 0) is 28.7 Å². The lowest BCUT2D eigenvalue weighted by atomic mass is 10.0. The Morgan fingerprint density at radius 2 is 0.900 bits per heavy atom. The predicted octanol–water partition coefficient (Wildman–Crippen LogP) is 4.62. The zero-order chi connectivity index (χ0) is 29.5. The van der Waals surface area contributed by atoms with E-state index in [1.807, 2.05) is 0 Å². The molecule has 0 heterocycles. The number of carboxylic acids is 1. The summed E-state index contributed by atoms with van der Waals surface area (Å²) in [7, 11) is 0. The van der Waals surface area contributed by atoms with Crippen molar-refractivity contribution in [2.75, 3.05) is 39.5 Å². The molecule has 10 heteroatoms. The van der Waals surface area contributed by atoms with Crippen molar-refractivity contribution in [3.8, 4) is 0 Å². The first kappa shape index (κ1) is 37.8. The van der Waals surface area contributed by atoms with Crippen LogP contribution in [0.25, 0.3) is 0 Å². The molecule has 0 saturated heterocycles. The highest BCUT2D eigenvalue weighted by atomic mass is 16.5. The van der Waals surface area contributed by atoms with Crippen LogP contribution in [0.4, 0.5) is 0 Å². The fourth-order valence-corrected chi connectivity index (χ4v) is 4.35. The summed E-state index contributed by atoms with van der Waals surface area (Å²) in [6, 6.07) is 0. The van der Waals surface area contributed by atoms with Gasteiger partial charge in [0, 0.05) is 32.4 Å². The molecule has 234 valence electrons. The van der Waals surface area contributed by atoms with Gasteiger partial charge in [0.15, 0.2) is 0 Å². The minimum Gasteiger partial charge on any atom is -0.481 e. The van der Waals surface area contributed by atoms with Crippen LogP contribution in [0.15, 0.2) is 0 Å². The monoisotopic (exact) mass is 571 g/mol. The van der Waals surface area contributed by atoms with Crippen molar-refractivity contribution >= 4 is 23.7 Å². The van der Waals surface area contributed by atoms with Gasteiger partial charge in [-0.2, -0.15) is 0 Å². The number of nitrogens with one attached hydrogen (secondary N) is 2. The lowest BCUT2D eigenvalue weighted by Crippen LogP contribution is -2.29. The van der Waals surface area contributed by atoms with Crippen molar-refractivity contribution < 1.29 is 33.8 Å². The third-order valence-electron chi connectivity index (χ3n) is 6.63. The molecule has 0 aromatic carbocycles. The molecule has 0 aromatic rings. The molecule has 5 N–H and O–H groups in total. The maximum atomic E-state index is 11.9. The number of nitrogens with two attached hydrogens (primary N) is 1. The maximum Gasteiger partial charge on any atom is 0.303 e. The van der Waals surface area contributed by atoms with Gasteiger partial charge in [-0.1, -0.05) is 89.9 Å². The van der Waals surface area contributed by atoms with Crippen LogP contribution in [0.1, 0.15) is 128 Å².